The number of rotatable bonds is 11. The molecule has 1 N–H and O–H groups in total. The summed E-state index contributed by atoms with van der Waals surface area (Å²) >= 11 is 0. The standard InChI is InChI=1S/C33H30N4O6/c1-22-7-11-25(12-8-22)20-42-32-26(5-4-6-30(32)37(39)40)19-34-35-33(38)31-18-17-29(43-31)21-41-28-15-13-27(14-16-28)36-23(2)9-10-24(36)3/h4-19H,20-21H2,1-3H3,(H,35,38)/b34-19+. The summed E-state index contributed by atoms with van der Waals surface area (Å²) in [4.78, 5) is 23.7. The minimum absolute atomic E-state index is 0.0412. The molecule has 3 aromatic carbocycles. The Morgan fingerprint density at radius 1 is 0.907 bits per heavy atom. The van der Waals surface area contributed by atoms with Gasteiger partial charge in [0.2, 0.25) is 5.75 Å². The third-order valence-electron chi connectivity index (χ3n) is 6.73. The third kappa shape index (κ3) is 6.99. The maximum atomic E-state index is 12.6. The van der Waals surface area contributed by atoms with Crippen LogP contribution in [0.5, 0.6) is 11.5 Å². The zero-order valence-corrected chi connectivity index (χ0v) is 23.9. The molecule has 0 aliphatic heterocycles. The lowest BCUT2D eigenvalue weighted by molar-refractivity contribution is -0.385. The monoisotopic (exact) mass is 578 g/mol. The van der Waals surface area contributed by atoms with Crippen molar-refractivity contribution in [3.05, 3.63) is 141 Å². The first kappa shape index (κ1) is 28.9. The summed E-state index contributed by atoms with van der Waals surface area (Å²) in [5.74, 6) is 0.628. The fourth-order valence-electron chi connectivity index (χ4n) is 4.50. The number of hydrazone groups is 1. The van der Waals surface area contributed by atoms with Crippen LogP contribution in [0.3, 0.4) is 0 Å². The molecular formula is C33H30N4O6. The van der Waals surface area contributed by atoms with E-state index in [1.165, 1.54) is 24.4 Å². The Kier molecular flexibility index (Phi) is 8.66. The van der Waals surface area contributed by atoms with Gasteiger partial charge in [-0.25, -0.2) is 5.43 Å². The zero-order valence-electron chi connectivity index (χ0n) is 23.9. The molecule has 2 aromatic heterocycles. The molecule has 2 heterocycles. The molecule has 10 nitrogen and oxygen atoms in total. The van der Waals surface area contributed by atoms with E-state index in [1.54, 1.807) is 12.1 Å². The van der Waals surface area contributed by atoms with E-state index in [9.17, 15) is 14.9 Å². The number of carbonyl (C=O) groups is 1. The Morgan fingerprint density at radius 2 is 1.63 bits per heavy atom. The fourth-order valence-corrected chi connectivity index (χ4v) is 4.50. The molecule has 0 spiro atoms. The van der Waals surface area contributed by atoms with E-state index in [0.717, 1.165) is 28.2 Å². The van der Waals surface area contributed by atoms with Gasteiger partial charge in [-0.3, -0.25) is 14.9 Å². The molecule has 0 fully saturated rings. The number of carbonyl (C=O) groups excluding carboxylic acids is 1. The average Bonchev–Trinajstić information content (AvgIpc) is 3.62. The lowest BCUT2D eigenvalue weighted by atomic mass is 10.1. The Morgan fingerprint density at radius 3 is 2.33 bits per heavy atom. The molecule has 0 saturated carbocycles. The molecule has 0 aliphatic rings. The number of aromatic nitrogens is 1. The number of nitro groups is 1. The lowest BCUT2D eigenvalue weighted by Gasteiger charge is -2.10. The predicted molar refractivity (Wildman–Crippen MR) is 162 cm³/mol. The summed E-state index contributed by atoms with van der Waals surface area (Å²) in [6.45, 7) is 6.35. The highest BCUT2D eigenvalue weighted by Gasteiger charge is 2.19. The SMILES string of the molecule is Cc1ccc(COc2c(/C=N/NC(=O)c3ccc(COc4ccc(-n5c(C)ccc5C)cc4)o3)cccc2[N+](=O)[O-])cc1. The molecule has 5 aromatic rings. The van der Waals surface area contributed by atoms with Crippen LogP contribution in [-0.2, 0) is 13.2 Å². The Balaban J connectivity index is 1.19. The van der Waals surface area contributed by atoms with Gasteiger partial charge in [-0.15, -0.1) is 0 Å². The number of para-hydroxylation sites is 1. The molecule has 0 unspecified atom stereocenters. The number of hydrogen-bond acceptors (Lipinski definition) is 7. The number of nitro benzene ring substituents is 1. The zero-order chi connectivity index (χ0) is 30.3. The van der Waals surface area contributed by atoms with Crippen LogP contribution < -0.4 is 14.9 Å². The highest BCUT2D eigenvalue weighted by atomic mass is 16.6. The minimum atomic E-state index is -0.586. The van der Waals surface area contributed by atoms with Crippen LogP contribution >= 0.6 is 0 Å². The maximum Gasteiger partial charge on any atom is 0.311 e. The van der Waals surface area contributed by atoms with E-state index in [1.807, 2.05) is 55.5 Å². The number of amides is 1. The van der Waals surface area contributed by atoms with Crippen molar-refractivity contribution in [3.8, 4) is 17.2 Å². The number of nitrogens with one attached hydrogen (secondary N) is 1. The molecule has 1 amide bonds. The lowest BCUT2D eigenvalue weighted by Crippen LogP contribution is -2.17. The summed E-state index contributed by atoms with van der Waals surface area (Å²) < 4.78 is 19.4. The van der Waals surface area contributed by atoms with Crippen molar-refractivity contribution in [1.82, 2.24) is 9.99 Å². The summed E-state index contributed by atoms with van der Waals surface area (Å²) in [5, 5.41) is 15.6. The minimum Gasteiger partial charge on any atom is -0.486 e. The predicted octanol–water partition coefficient (Wildman–Crippen LogP) is 6.83. The smallest absolute Gasteiger partial charge is 0.311 e. The number of benzene rings is 3. The van der Waals surface area contributed by atoms with Gasteiger partial charge >= 0.3 is 11.6 Å². The van der Waals surface area contributed by atoms with Gasteiger partial charge in [0, 0.05) is 28.7 Å². The number of ether oxygens (including phenoxy) is 2. The second-order valence-electron chi connectivity index (χ2n) is 9.93. The van der Waals surface area contributed by atoms with E-state index < -0.39 is 10.8 Å². The van der Waals surface area contributed by atoms with Crippen molar-refractivity contribution < 1.29 is 23.6 Å². The van der Waals surface area contributed by atoms with E-state index in [0.29, 0.717) is 17.1 Å². The molecular weight excluding hydrogens is 548 g/mol. The normalized spacial score (nSPS) is 11.0. The van der Waals surface area contributed by atoms with E-state index in [-0.39, 0.29) is 30.4 Å². The van der Waals surface area contributed by atoms with Crippen LogP contribution in [0.1, 0.15) is 44.4 Å². The first-order valence-electron chi connectivity index (χ1n) is 13.5. The molecule has 218 valence electrons. The van der Waals surface area contributed by atoms with Crippen LogP contribution in [0, 0.1) is 30.9 Å². The van der Waals surface area contributed by atoms with Crippen LogP contribution in [0.15, 0.2) is 101 Å². The number of furan rings is 1. The van der Waals surface area contributed by atoms with Gasteiger partial charge in [0.15, 0.2) is 5.76 Å². The van der Waals surface area contributed by atoms with E-state index >= 15 is 0 Å². The van der Waals surface area contributed by atoms with Crippen LogP contribution in [0.25, 0.3) is 5.69 Å². The molecule has 10 heteroatoms. The highest BCUT2D eigenvalue weighted by molar-refractivity contribution is 5.93. The van der Waals surface area contributed by atoms with Crippen LogP contribution in [0.2, 0.25) is 0 Å². The first-order valence-corrected chi connectivity index (χ1v) is 13.5. The summed E-state index contributed by atoms with van der Waals surface area (Å²) in [7, 11) is 0. The van der Waals surface area contributed by atoms with Crippen molar-refractivity contribution in [2.75, 3.05) is 0 Å². The van der Waals surface area contributed by atoms with Gasteiger partial charge in [-0.05, 0) is 80.9 Å². The second kappa shape index (κ2) is 12.9. The van der Waals surface area contributed by atoms with E-state index in [4.69, 9.17) is 13.9 Å². The van der Waals surface area contributed by atoms with Crippen molar-refractivity contribution in [3.63, 3.8) is 0 Å². The van der Waals surface area contributed by atoms with Crippen molar-refractivity contribution in [1.29, 1.82) is 0 Å². The topological polar surface area (TPSA) is 121 Å². The van der Waals surface area contributed by atoms with Crippen molar-refractivity contribution in [2.45, 2.75) is 34.0 Å². The summed E-state index contributed by atoms with van der Waals surface area (Å²) in [6, 6.07) is 27.2. The Labute approximate surface area is 248 Å². The molecule has 5 rings (SSSR count). The third-order valence-corrected chi connectivity index (χ3v) is 6.73. The van der Waals surface area contributed by atoms with Gasteiger partial charge in [-0.1, -0.05) is 35.9 Å². The van der Waals surface area contributed by atoms with Crippen LogP contribution in [-0.4, -0.2) is 21.6 Å². The largest absolute Gasteiger partial charge is 0.486 e. The van der Waals surface area contributed by atoms with Gasteiger partial charge in [0.05, 0.1) is 11.1 Å². The van der Waals surface area contributed by atoms with Gasteiger partial charge < -0.3 is 18.5 Å². The Bertz CT molecular complexity index is 1750. The number of nitrogens with zero attached hydrogens (tertiary/aromatic N) is 3. The molecule has 0 saturated heterocycles. The highest BCUT2D eigenvalue weighted by Crippen LogP contribution is 2.31. The van der Waals surface area contributed by atoms with Crippen LogP contribution in [0.4, 0.5) is 5.69 Å². The fraction of sp³-hybridized carbons (Fsp3) is 0.152. The second-order valence-corrected chi connectivity index (χ2v) is 9.93. The van der Waals surface area contributed by atoms with Crippen molar-refractivity contribution >= 4 is 17.8 Å². The molecule has 0 aliphatic carbocycles. The van der Waals surface area contributed by atoms with Gasteiger partial charge in [0.1, 0.15) is 24.7 Å². The average molecular weight is 579 g/mol. The maximum absolute atomic E-state index is 12.6. The molecule has 0 bridgehead atoms. The molecule has 43 heavy (non-hydrogen) atoms. The quantitative estimate of drug-likeness (QED) is 0.104. The number of hydrogen-bond donors (Lipinski definition) is 1. The Hall–Kier alpha value is -5.64. The van der Waals surface area contributed by atoms with Gasteiger partial charge in [0.25, 0.3) is 0 Å². The van der Waals surface area contributed by atoms with E-state index in [2.05, 4.69) is 41.1 Å². The molecule has 0 atom stereocenters. The summed E-state index contributed by atoms with van der Waals surface area (Å²) in [6.07, 6.45) is 1.29. The first-order chi connectivity index (χ1) is 20.8. The van der Waals surface area contributed by atoms with Crippen molar-refractivity contribution in [2.24, 2.45) is 5.10 Å². The number of aryl methyl sites for hydroxylation is 3. The van der Waals surface area contributed by atoms with Gasteiger partial charge in [-0.2, -0.15) is 5.10 Å². The summed E-state index contributed by atoms with van der Waals surface area (Å²) in [5.41, 5.74) is 7.81. The molecule has 0 radical (unpaired) electrons.